The van der Waals surface area contributed by atoms with Crippen LogP contribution in [0.25, 0.3) is 10.2 Å². The van der Waals surface area contributed by atoms with E-state index in [-0.39, 0.29) is 12.2 Å². The zero-order valence-electron chi connectivity index (χ0n) is 9.55. The van der Waals surface area contributed by atoms with Gasteiger partial charge in [0, 0.05) is 4.88 Å². The lowest BCUT2D eigenvalue weighted by Crippen LogP contribution is -2.22. The molecule has 0 unspecified atom stereocenters. The van der Waals surface area contributed by atoms with E-state index in [9.17, 15) is 4.79 Å². The smallest absolute Gasteiger partial charge is 0.262 e. The molecule has 0 saturated carbocycles. The summed E-state index contributed by atoms with van der Waals surface area (Å²) in [5.74, 6) is 0. The van der Waals surface area contributed by atoms with E-state index < -0.39 is 0 Å². The second kappa shape index (κ2) is 5.39. The topological polar surface area (TPSA) is 64.3 Å². The summed E-state index contributed by atoms with van der Waals surface area (Å²) in [6.07, 6.45) is 1.54. The van der Waals surface area contributed by atoms with Crippen LogP contribution in [0, 0.1) is 6.92 Å². The maximum Gasteiger partial charge on any atom is 0.262 e. The molecule has 17 heavy (non-hydrogen) atoms. The van der Waals surface area contributed by atoms with Gasteiger partial charge in [-0.05, 0) is 13.0 Å². The van der Waals surface area contributed by atoms with Gasteiger partial charge in [-0.15, -0.1) is 11.3 Å². The summed E-state index contributed by atoms with van der Waals surface area (Å²) in [7, 11) is 0. The number of rotatable bonds is 5. The van der Waals surface area contributed by atoms with Gasteiger partial charge in [0.2, 0.25) is 0 Å². The van der Waals surface area contributed by atoms with Gasteiger partial charge in [0.15, 0.2) is 0 Å². The van der Waals surface area contributed by atoms with Crippen molar-refractivity contribution in [3.63, 3.8) is 0 Å². The average molecular weight is 254 g/mol. The highest BCUT2D eigenvalue weighted by Crippen LogP contribution is 2.19. The molecule has 0 atom stereocenters. The molecule has 5 nitrogen and oxygen atoms in total. The molecule has 0 aliphatic carbocycles. The number of nitrogens with zero attached hydrogens (tertiary/aromatic N) is 2. The van der Waals surface area contributed by atoms with E-state index in [4.69, 9.17) is 9.84 Å². The zero-order valence-corrected chi connectivity index (χ0v) is 10.4. The van der Waals surface area contributed by atoms with Gasteiger partial charge in [0.1, 0.15) is 4.83 Å². The first-order valence-corrected chi connectivity index (χ1v) is 6.18. The van der Waals surface area contributed by atoms with Gasteiger partial charge < -0.3 is 9.84 Å². The molecule has 0 aliphatic rings. The summed E-state index contributed by atoms with van der Waals surface area (Å²) in [4.78, 5) is 18.1. The summed E-state index contributed by atoms with van der Waals surface area (Å²) in [6, 6.07) is 1.86. The van der Waals surface area contributed by atoms with Gasteiger partial charge in [-0.25, -0.2) is 4.98 Å². The molecule has 6 heteroatoms. The maximum atomic E-state index is 12.0. The molecule has 2 aromatic heterocycles. The predicted octanol–water partition coefficient (Wildman–Crippen LogP) is 0.775. The summed E-state index contributed by atoms with van der Waals surface area (Å²) < 4.78 is 6.66. The Morgan fingerprint density at radius 3 is 3.12 bits per heavy atom. The maximum absolute atomic E-state index is 12.0. The fourth-order valence-electron chi connectivity index (χ4n) is 1.57. The van der Waals surface area contributed by atoms with Crippen molar-refractivity contribution in [2.24, 2.45) is 0 Å². The second-order valence-electron chi connectivity index (χ2n) is 3.65. The van der Waals surface area contributed by atoms with Gasteiger partial charge in [-0.1, -0.05) is 0 Å². The molecule has 0 bridgehead atoms. The quantitative estimate of drug-likeness (QED) is 0.801. The summed E-state index contributed by atoms with van der Waals surface area (Å²) in [6.45, 7) is 3.10. The second-order valence-corrected chi connectivity index (χ2v) is 4.89. The predicted molar refractivity (Wildman–Crippen MR) is 66.5 cm³/mol. The third kappa shape index (κ3) is 2.71. The van der Waals surface area contributed by atoms with Crippen molar-refractivity contribution in [3.8, 4) is 0 Å². The normalized spacial score (nSPS) is 11.2. The van der Waals surface area contributed by atoms with Crippen molar-refractivity contribution in [3.05, 3.63) is 27.6 Å². The Labute approximate surface area is 102 Å². The van der Waals surface area contributed by atoms with Crippen LogP contribution in [0.15, 0.2) is 17.2 Å². The van der Waals surface area contributed by atoms with Crippen molar-refractivity contribution < 1.29 is 9.84 Å². The molecule has 0 spiro atoms. The van der Waals surface area contributed by atoms with Crippen LogP contribution in [0.4, 0.5) is 0 Å². The molecular weight excluding hydrogens is 240 g/mol. The fraction of sp³-hybridized carbons (Fsp3) is 0.455. The van der Waals surface area contributed by atoms with Crippen LogP contribution >= 0.6 is 11.3 Å². The lowest BCUT2D eigenvalue weighted by molar-refractivity contribution is 0.0865. The van der Waals surface area contributed by atoms with E-state index in [1.165, 1.54) is 15.9 Å². The number of hydrogen-bond donors (Lipinski definition) is 1. The summed E-state index contributed by atoms with van der Waals surface area (Å²) in [5, 5.41) is 9.22. The van der Waals surface area contributed by atoms with Gasteiger partial charge in [-0.3, -0.25) is 9.36 Å². The molecule has 0 saturated heterocycles. The zero-order chi connectivity index (χ0) is 12.3. The van der Waals surface area contributed by atoms with Crippen molar-refractivity contribution >= 4 is 21.6 Å². The Kier molecular flexibility index (Phi) is 3.88. The Morgan fingerprint density at radius 1 is 1.53 bits per heavy atom. The summed E-state index contributed by atoms with van der Waals surface area (Å²) >= 11 is 1.52. The van der Waals surface area contributed by atoms with E-state index in [1.807, 2.05) is 13.0 Å². The van der Waals surface area contributed by atoms with Crippen LogP contribution in [-0.2, 0) is 11.3 Å². The first kappa shape index (κ1) is 12.2. The number of fused-ring (bicyclic) bond motifs is 1. The molecule has 0 aliphatic heterocycles. The third-order valence-electron chi connectivity index (χ3n) is 2.35. The Morgan fingerprint density at radius 2 is 2.35 bits per heavy atom. The molecule has 0 aromatic carbocycles. The van der Waals surface area contributed by atoms with Gasteiger partial charge in [0.25, 0.3) is 5.56 Å². The first-order chi connectivity index (χ1) is 8.22. The van der Waals surface area contributed by atoms with Crippen LogP contribution in [0.3, 0.4) is 0 Å². The molecule has 92 valence electrons. The van der Waals surface area contributed by atoms with Crippen molar-refractivity contribution in [2.45, 2.75) is 13.5 Å². The number of aliphatic hydroxyl groups is 1. The van der Waals surface area contributed by atoms with E-state index >= 15 is 0 Å². The highest BCUT2D eigenvalue weighted by molar-refractivity contribution is 7.18. The minimum absolute atomic E-state index is 0.00406. The SMILES string of the molecule is Cc1cc2c(=O)n(CCOCCO)cnc2s1. The average Bonchev–Trinajstić information content (AvgIpc) is 2.69. The van der Waals surface area contributed by atoms with Crippen molar-refractivity contribution in [1.82, 2.24) is 9.55 Å². The molecule has 1 N–H and O–H groups in total. The number of hydrogen-bond acceptors (Lipinski definition) is 5. The summed E-state index contributed by atoms with van der Waals surface area (Å²) in [5.41, 5.74) is -0.0352. The van der Waals surface area contributed by atoms with Crippen LogP contribution < -0.4 is 5.56 Å². The van der Waals surface area contributed by atoms with E-state index in [0.29, 0.717) is 25.1 Å². The molecule has 2 rings (SSSR count). The molecule has 2 heterocycles. The monoisotopic (exact) mass is 254 g/mol. The number of aromatic nitrogens is 2. The minimum atomic E-state index is -0.0352. The van der Waals surface area contributed by atoms with Crippen LogP contribution in [0.5, 0.6) is 0 Å². The van der Waals surface area contributed by atoms with E-state index in [2.05, 4.69) is 4.98 Å². The minimum Gasteiger partial charge on any atom is -0.394 e. The number of aliphatic hydroxyl groups excluding tert-OH is 1. The number of thiophene rings is 1. The van der Waals surface area contributed by atoms with Gasteiger partial charge >= 0.3 is 0 Å². The Hall–Kier alpha value is -1.24. The highest BCUT2D eigenvalue weighted by Gasteiger charge is 2.06. The van der Waals surface area contributed by atoms with E-state index in [1.54, 1.807) is 6.33 Å². The molecular formula is C11H14N2O3S. The van der Waals surface area contributed by atoms with Crippen molar-refractivity contribution in [1.29, 1.82) is 0 Å². The highest BCUT2D eigenvalue weighted by atomic mass is 32.1. The Bertz CT molecular complexity index is 561. The van der Waals surface area contributed by atoms with Gasteiger partial charge in [0.05, 0.1) is 38.1 Å². The number of aryl methyl sites for hydroxylation is 1. The Balaban J connectivity index is 2.18. The lowest BCUT2D eigenvalue weighted by atomic mass is 10.4. The van der Waals surface area contributed by atoms with Crippen LogP contribution in [0.1, 0.15) is 4.88 Å². The first-order valence-electron chi connectivity index (χ1n) is 5.36. The fourth-order valence-corrected chi connectivity index (χ4v) is 2.41. The standard InChI is InChI=1S/C11H14N2O3S/c1-8-6-9-10(17-8)12-7-13(11(9)15)2-4-16-5-3-14/h6-7,14H,2-5H2,1H3. The molecule has 0 radical (unpaired) electrons. The lowest BCUT2D eigenvalue weighted by Gasteiger charge is -2.05. The molecule has 0 fully saturated rings. The molecule has 0 amide bonds. The van der Waals surface area contributed by atoms with Crippen LogP contribution in [0.2, 0.25) is 0 Å². The molecule has 2 aromatic rings. The van der Waals surface area contributed by atoms with E-state index in [0.717, 1.165) is 9.71 Å². The third-order valence-corrected chi connectivity index (χ3v) is 3.31. The van der Waals surface area contributed by atoms with Crippen LogP contribution in [-0.4, -0.2) is 34.5 Å². The number of ether oxygens (including phenoxy) is 1. The van der Waals surface area contributed by atoms with Crippen molar-refractivity contribution in [2.75, 3.05) is 19.8 Å². The van der Waals surface area contributed by atoms with Gasteiger partial charge in [-0.2, -0.15) is 0 Å². The largest absolute Gasteiger partial charge is 0.394 e.